The van der Waals surface area contributed by atoms with Crippen LogP contribution in [0.2, 0.25) is 0 Å². The predicted octanol–water partition coefficient (Wildman–Crippen LogP) is 3.31. The normalized spacial score (nSPS) is 10.1. The van der Waals surface area contributed by atoms with E-state index in [1.54, 1.807) is 18.5 Å². The fourth-order valence-corrected chi connectivity index (χ4v) is 2.23. The van der Waals surface area contributed by atoms with Crippen molar-refractivity contribution in [3.05, 3.63) is 62.4 Å². The summed E-state index contributed by atoms with van der Waals surface area (Å²) in [4.78, 5) is 26.4. The Balaban J connectivity index is 2.33. The number of nitrogens with one attached hydrogen (secondary N) is 1. The number of halogens is 1. The number of hydrogen-bond acceptors (Lipinski definition) is 4. The molecule has 1 aromatic carbocycles. The fraction of sp³-hybridized carbons (Fsp3) is 0.0769. The number of nitro groups is 1. The molecule has 0 radical (unpaired) electrons. The van der Waals surface area contributed by atoms with E-state index < -0.39 is 10.8 Å². The van der Waals surface area contributed by atoms with E-state index in [-0.39, 0.29) is 15.7 Å². The summed E-state index contributed by atoms with van der Waals surface area (Å²) in [5, 5.41) is 13.5. The maximum Gasteiger partial charge on any atom is 0.284 e. The van der Waals surface area contributed by atoms with Crippen LogP contribution in [0.15, 0.2) is 41.1 Å². The highest BCUT2D eigenvalue weighted by Gasteiger charge is 2.19. The van der Waals surface area contributed by atoms with E-state index in [1.165, 1.54) is 18.2 Å². The number of anilines is 1. The van der Waals surface area contributed by atoms with Crippen LogP contribution in [0.3, 0.4) is 0 Å². The third-order valence-electron chi connectivity index (χ3n) is 2.69. The highest BCUT2D eigenvalue weighted by molar-refractivity contribution is 9.10. The average Bonchev–Trinajstić information content (AvgIpc) is 2.41. The minimum Gasteiger partial charge on any atom is -0.322 e. The number of nitrogens with zero attached hydrogens (tertiary/aromatic N) is 2. The largest absolute Gasteiger partial charge is 0.322 e. The van der Waals surface area contributed by atoms with Crippen molar-refractivity contribution in [1.29, 1.82) is 0 Å². The van der Waals surface area contributed by atoms with Crippen molar-refractivity contribution in [2.24, 2.45) is 0 Å². The molecule has 0 aliphatic rings. The number of rotatable bonds is 3. The first-order valence-corrected chi connectivity index (χ1v) is 6.45. The van der Waals surface area contributed by atoms with Gasteiger partial charge in [-0.1, -0.05) is 6.07 Å². The van der Waals surface area contributed by atoms with Gasteiger partial charge in [-0.15, -0.1) is 0 Å². The summed E-state index contributed by atoms with van der Waals surface area (Å²) in [6, 6.07) is 5.98. The van der Waals surface area contributed by atoms with Crippen LogP contribution in [0.5, 0.6) is 0 Å². The molecule has 1 amide bonds. The highest BCUT2D eigenvalue weighted by atomic mass is 79.9. The lowest BCUT2D eigenvalue weighted by Crippen LogP contribution is -2.14. The number of aryl methyl sites for hydroxylation is 1. The van der Waals surface area contributed by atoms with Crippen LogP contribution in [0, 0.1) is 17.0 Å². The Kier molecular flexibility index (Phi) is 4.09. The molecular weight excluding hydrogens is 326 g/mol. The van der Waals surface area contributed by atoms with Gasteiger partial charge < -0.3 is 5.32 Å². The van der Waals surface area contributed by atoms with Gasteiger partial charge in [0, 0.05) is 24.1 Å². The van der Waals surface area contributed by atoms with E-state index in [9.17, 15) is 14.9 Å². The van der Waals surface area contributed by atoms with Crippen molar-refractivity contribution >= 4 is 33.2 Å². The van der Waals surface area contributed by atoms with Crippen molar-refractivity contribution in [2.45, 2.75) is 6.92 Å². The number of amides is 1. The smallest absolute Gasteiger partial charge is 0.284 e. The van der Waals surface area contributed by atoms with Crippen LogP contribution in [-0.2, 0) is 0 Å². The lowest BCUT2D eigenvalue weighted by Gasteiger charge is -2.08. The summed E-state index contributed by atoms with van der Waals surface area (Å²) < 4.78 is 0.161. The van der Waals surface area contributed by atoms with Gasteiger partial charge in [-0.3, -0.25) is 19.9 Å². The Morgan fingerprint density at radius 2 is 2.15 bits per heavy atom. The molecule has 6 nitrogen and oxygen atoms in total. The number of benzene rings is 1. The molecule has 20 heavy (non-hydrogen) atoms. The molecule has 0 aliphatic heterocycles. The fourth-order valence-electron chi connectivity index (χ4n) is 1.64. The van der Waals surface area contributed by atoms with Crippen molar-refractivity contribution in [3.8, 4) is 0 Å². The summed E-state index contributed by atoms with van der Waals surface area (Å²) in [6.07, 6.45) is 3.18. The molecule has 0 saturated carbocycles. The summed E-state index contributed by atoms with van der Waals surface area (Å²) >= 11 is 3.10. The Hall–Kier alpha value is -2.28. The molecule has 2 aromatic rings. The van der Waals surface area contributed by atoms with Crippen LogP contribution in [0.4, 0.5) is 11.4 Å². The van der Waals surface area contributed by atoms with Crippen LogP contribution < -0.4 is 5.32 Å². The van der Waals surface area contributed by atoms with Crippen LogP contribution >= 0.6 is 15.9 Å². The quantitative estimate of drug-likeness (QED) is 0.688. The number of carbonyl (C=O) groups is 1. The molecule has 2 rings (SSSR count). The second-order valence-corrected chi connectivity index (χ2v) is 4.83. The monoisotopic (exact) mass is 335 g/mol. The maximum atomic E-state index is 12.2. The van der Waals surface area contributed by atoms with Gasteiger partial charge in [-0.25, -0.2) is 0 Å². The molecule has 0 atom stereocenters. The van der Waals surface area contributed by atoms with E-state index in [1.807, 2.05) is 6.92 Å². The van der Waals surface area contributed by atoms with E-state index in [0.29, 0.717) is 5.69 Å². The molecule has 1 heterocycles. The zero-order valence-electron chi connectivity index (χ0n) is 10.5. The topological polar surface area (TPSA) is 85.1 Å². The van der Waals surface area contributed by atoms with Gasteiger partial charge in [0.2, 0.25) is 0 Å². The summed E-state index contributed by atoms with van der Waals surface area (Å²) in [5.74, 6) is -0.421. The molecule has 1 N–H and O–H groups in total. The van der Waals surface area contributed by atoms with Crippen LogP contribution in [-0.4, -0.2) is 15.8 Å². The number of nitro benzene ring substituents is 1. The van der Waals surface area contributed by atoms with Gasteiger partial charge in [0.25, 0.3) is 11.6 Å². The van der Waals surface area contributed by atoms with Gasteiger partial charge in [0.05, 0.1) is 10.5 Å². The molecule has 0 saturated heterocycles. The summed E-state index contributed by atoms with van der Waals surface area (Å²) in [5.41, 5.74) is 1.48. The second kappa shape index (κ2) is 5.79. The van der Waals surface area contributed by atoms with Crippen molar-refractivity contribution < 1.29 is 9.72 Å². The van der Waals surface area contributed by atoms with E-state index in [2.05, 4.69) is 26.2 Å². The Bertz CT molecular complexity index is 688. The maximum absolute atomic E-state index is 12.2. The van der Waals surface area contributed by atoms with Crippen molar-refractivity contribution in [1.82, 2.24) is 4.98 Å². The van der Waals surface area contributed by atoms with Gasteiger partial charge >= 0.3 is 0 Å². The molecule has 1 aromatic heterocycles. The van der Waals surface area contributed by atoms with Crippen LogP contribution in [0.1, 0.15) is 15.9 Å². The summed E-state index contributed by atoms with van der Waals surface area (Å²) in [6.45, 7) is 1.81. The highest BCUT2D eigenvalue weighted by Crippen LogP contribution is 2.29. The molecule has 0 fully saturated rings. The first-order valence-electron chi connectivity index (χ1n) is 5.65. The predicted molar refractivity (Wildman–Crippen MR) is 77.7 cm³/mol. The second-order valence-electron chi connectivity index (χ2n) is 4.04. The SMILES string of the molecule is Cc1cnccc1NC(=O)c1cccc([N+](=O)[O-])c1Br. The lowest BCUT2D eigenvalue weighted by molar-refractivity contribution is -0.385. The lowest BCUT2D eigenvalue weighted by atomic mass is 10.1. The molecule has 0 bridgehead atoms. The molecular formula is C13H10BrN3O3. The Labute approximate surface area is 123 Å². The van der Waals surface area contributed by atoms with Crippen molar-refractivity contribution in [2.75, 3.05) is 5.32 Å². The molecule has 0 spiro atoms. The number of pyridine rings is 1. The van der Waals surface area contributed by atoms with E-state index in [0.717, 1.165) is 5.56 Å². The molecule has 0 aliphatic carbocycles. The molecule has 0 unspecified atom stereocenters. The number of aromatic nitrogens is 1. The first-order chi connectivity index (χ1) is 9.50. The van der Waals surface area contributed by atoms with E-state index >= 15 is 0 Å². The van der Waals surface area contributed by atoms with Gasteiger partial charge in [-0.05, 0) is 40.5 Å². The first kappa shape index (κ1) is 14.1. The zero-order chi connectivity index (χ0) is 14.7. The van der Waals surface area contributed by atoms with E-state index in [4.69, 9.17) is 0 Å². The summed E-state index contributed by atoms with van der Waals surface area (Å²) in [7, 11) is 0. The standard InChI is InChI=1S/C13H10BrN3O3/c1-8-7-15-6-5-10(8)16-13(18)9-3-2-4-11(12(9)14)17(19)20/h2-7H,1H3,(H,15,16,18). The van der Waals surface area contributed by atoms with Gasteiger partial charge in [0.15, 0.2) is 0 Å². The number of hydrogen-bond donors (Lipinski definition) is 1. The number of carbonyl (C=O) groups excluding carboxylic acids is 1. The Morgan fingerprint density at radius 3 is 2.80 bits per heavy atom. The zero-order valence-corrected chi connectivity index (χ0v) is 12.0. The van der Waals surface area contributed by atoms with Crippen LogP contribution in [0.25, 0.3) is 0 Å². The Morgan fingerprint density at radius 1 is 1.40 bits per heavy atom. The van der Waals surface area contributed by atoms with Crippen molar-refractivity contribution in [3.63, 3.8) is 0 Å². The molecule has 7 heteroatoms. The third-order valence-corrected chi connectivity index (χ3v) is 3.52. The third kappa shape index (κ3) is 2.83. The van der Waals surface area contributed by atoms with Gasteiger partial charge in [-0.2, -0.15) is 0 Å². The minimum atomic E-state index is -0.543. The minimum absolute atomic E-state index is 0.149. The average molecular weight is 336 g/mol. The van der Waals surface area contributed by atoms with Gasteiger partial charge in [0.1, 0.15) is 4.47 Å². The molecule has 102 valence electrons.